The van der Waals surface area contributed by atoms with Crippen molar-refractivity contribution in [3.05, 3.63) is 41.4 Å². The number of benzene rings is 1. The van der Waals surface area contributed by atoms with Gasteiger partial charge >= 0.3 is 0 Å². The standard InChI is InChI=1S/C22H21ClF2N6O2S/c23-15-2-1-3-16-17(15)18(28-31(16)34(32,33)22-10-20(25,11-22)12-22)30-7-6-29(13-21(30)4-5-21)19-26-8-14(24)9-27-19/h1-3,8-9H,4-7,10-13H2. The van der Waals surface area contributed by atoms with E-state index < -0.39 is 26.3 Å². The quantitative estimate of drug-likeness (QED) is 0.537. The summed E-state index contributed by atoms with van der Waals surface area (Å²) < 4.78 is 54.7. The number of halogens is 3. The van der Waals surface area contributed by atoms with Crippen LogP contribution in [0.15, 0.2) is 30.6 Å². The lowest BCUT2D eigenvalue weighted by molar-refractivity contribution is -0.107. The third-order valence-electron chi connectivity index (χ3n) is 7.92. The predicted octanol–water partition coefficient (Wildman–Crippen LogP) is 3.30. The van der Waals surface area contributed by atoms with Crippen LogP contribution in [0.4, 0.5) is 20.5 Å². The molecule has 0 amide bonds. The summed E-state index contributed by atoms with van der Waals surface area (Å²) >= 11 is 6.59. The molecule has 2 bridgehead atoms. The molecule has 1 spiro atoms. The number of nitrogens with zero attached hydrogens (tertiary/aromatic N) is 6. The average Bonchev–Trinajstić information content (AvgIpc) is 3.39. The van der Waals surface area contributed by atoms with Gasteiger partial charge in [0.15, 0.2) is 11.6 Å². The summed E-state index contributed by atoms with van der Waals surface area (Å²) in [6.45, 7) is 1.72. The molecule has 12 heteroatoms. The van der Waals surface area contributed by atoms with E-state index in [4.69, 9.17) is 11.6 Å². The molecule has 178 valence electrons. The molecule has 5 fully saturated rings. The summed E-state index contributed by atoms with van der Waals surface area (Å²) in [6.07, 6.45) is 4.18. The number of alkyl halides is 1. The molecular weight excluding hydrogens is 486 g/mol. The van der Waals surface area contributed by atoms with Gasteiger partial charge in [0.25, 0.3) is 10.0 Å². The van der Waals surface area contributed by atoms with Crippen LogP contribution in [0, 0.1) is 5.82 Å². The SMILES string of the molecule is O=S(=O)(n1nc(N2CCN(c3ncc(F)cn3)CC23CC3)c2c(Cl)cccc21)C12CC(F)(C1)C2. The van der Waals surface area contributed by atoms with Crippen molar-refractivity contribution in [1.82, 2.24) is 19.2 Å². The summed E-state index contributed by atoms with van der Waals surface area (Å²) in [7, 11) is -3.90. The Morgan fingerprint density at radius 3 is 2.41 bits per heavy atom. The largest absolute Gasteiger partial charge is 0.345 e. The fourth-order valence-corrected chi connectivity index (χ4v) is 8.55. The zero-order valence-electron chi connectivity index (χ0n) is 18.1. The van der Waals surface area contributed by atoms with Gasteiger partial charge in [-0.2, -0.15) is 4.09 Å². The Morgan fingerprint density at radius 2 is 1.76 bits per heavy atom. The minimum absolute atomic E-state index is 0.0276. The van der Waals surface area contributed by atoms with Crippen LogP contribution in [0.2, 0.25) is 5.02 Å². The predicted molar refractivity (Wildman–Crippen MR) is 123 cm³/mol. The maximum atomic E-state index is 14.2. The van der Waals surface area contributed by atoms with Crippen molar-refractivity contribution >= 4 is 44.3 Å². The second kappa shape index (κ2) is 6.37. The molecule has 0 unspecified atom stereocenters. The highest BCUT2D eigenvalue weighted by molar-refractivity contribution is 7.91. The summed E-state index contributed by atoms with van der Waals surface area (Å²) in [5, 5.41) is 5.65. The molecule has 4 aliphatic carbocycles. The molecule has 1 aliphatic heterocycles. The van der Waals surface area contributed by atoms with Gasteiger partial charge in [-0.1, -0.05) is 17.7 Å². The van der Waals surface area contributed by atoms with Crippen LogP contribution in [0.1, 0.15) is 32.1 Å². The third kappa shape index (κ3) is 2.62. The summed E-state index contributed by atoms with van der Waals surface area (Å²) in [6, 6.07) is 5.14. The van der Waals surface area contributed by atoms with E-state index in [9.17, 15) is 17.2 Å². The van der Waals surface area contributed by atoms with E-state index in [1.165, 1.54) is 0 Å². The highest BCUT2D eigenvalue weighted by atomic mass is 35.5. The molecule has 8 nitrogen and oxygen atoms in total. The maximum absolute atomic E-state index is 14.2. The smallest absolute Gasteiger partial charge is 0.260 e. The molecule has 0 N–H and O–H groups in total. The van der Waals surface area contributed by atoms with Crippen LogP contribution in [0.25, 0.3) is 10.9 Å². The van der Waals surface area contributed by atoms with Crippen LogP contribution in [-0.4, -0.2) is 63.2 Å². The van der Waals surface area contributed by atoms with Gasteiger partial charge in [-0.25, -0.2) is 27.2 Å². The Kier molecular flexibility index (Phi) is 3.90. The molecular formula is C22H21ClF2N6O2S. The summed E-state index contributed by atoms with van der Waals surface area (Å²) in [5.41, 5.74) is -1.18. The lowest BCUT2D eigenvalue weighted by Crippen LogP contribution is -2.73. The van der Waals surface area contributed by atoms with Crippen molar-refractivity contribution < 1.29 is 17.2 Å². The molecule has 1 aromatic carbocycles. The molecule has 3 aromatic rings. The minimum Gasteiger partial charge on any atom is -0.345 e. The Bertz CT molecular complexity index is 1440. The number of rotatable bonds is 4. The van der Waals surface area contributed by atoms with Crippen LogP contribution >= 0.6 is 11.6 Å². The van der Waals surface area contributed by atoms with Crippen molar-refractivity contribution in [1.29, 1.82) is 0 Å². The van der Waals surface area contributed by atoms with E-state index in [0.717, 1.165) is 29.3 Å². The molecule has 0 atom stereocenters. The molecule has 4 saturated carbocycles. The summed E-state index contributed by atoms with van der Waals surface area (Å²) in [5.74, 6) is 0.508. The first kappa shape index (κ1) is 20.8. The van der Waals surface area contributed by atoms with Crippen LogP contribution in [-0.2, 0) is 10.0 Å². The van der Waals surface area contributed by atoms with E-state index >= 15 is 0 Å². The van der Waals surface area contributed by atoms with Crippen LogP contribution in [0.3, 0.4) is 0 Å². The van der Waals surface area contributed by atoms with E-state index in [0.29, 0.717) is 47.3 Å². The first-order chi connectivity index (χ1) is 16.2. The Labute approximate surface area is 199 Å². The number of anilines is 2. The first-order valence-corrected chi connectivity index (χ1v) is 13.1. The number of aromatic nitrogens is 4. The first-order valence-electron chi connectivity index (χ1n) is 11.3. The lowest BCUT2D eigenvalue weighted by Gasteiger charge is -2.63. The highest BCUT2D eigenvalue weighted by Gasteiger charge is 2.76. The zero-order chi connectivity index (χ0) is 23.5. The Hall–Kier alpha value is -2.53. The van der Waals surface area contributed by atoms with Crippen molar-refractivity contribution in [3.63, 3.8) is 0 Å². The molecule has 34 heavy (non-hydrogen) atoms. The second-order valence-corrected chi connectivity index (χ2v) is 12.7. The van der Waals surface area contributed by atoms with Crippen LogP contribution in [0.5, 0.6) is 0 Å². The fourth-order valence-electron chi connectivity index (χ4n) is 6.01. The van der Waals surface area contributed by atoms with E-state index in [-0.39, 0.29) is 24.8 Å². The van der Waals surface area contributed by atoms with Gasteiger partial charge in [0.2, 0.25) is 5.95 Å². The molecule has 0 radical (unpaired) electrons. The monoisotopic (exact) mass is 506 g/mol. The highest BCUT2D eigenvalue weighted by Crippen LogP contribution is 2.67. The summed E-state index contributed by atoms with van der Waals surface area (Å²) in [4.78, 5) is 12.4. The van der Waals surface area contributed by atoms with Gasteiger partial charge < -0.3 is 9.80 Å². The maximum Gasteiger partial charge on any atom is 0.260 e. The van der Waals surface area contributed by atoms with Gasteiger partial charge in [-0.15, -0.1) is 5.10 Å². The topological polar surface area (TPSA) is 84.2 Å². The number of piperazine rings is 1. The molecule has 8 rings (SSSR count). The van der Waals surface area contributed by atoms with Gasteiger partial charge in [0.1, 0.15) is 10.4 Å². The molecule has 5 aliphatic rings. The van der Waals surface area contributed by atoms with Gasteiger partial charge in [-0.05, 0) is 25.0 Å². The zero-order valence-corrected chi connectivity index (χ0v) is 19.7. The Balaban J connectivity index is 1.29. The van der Waals surface area contributed by atoms with Crippen molar-refractivity contribution in [2.24, 2.45) is 0 Å². The average molecular weight is 507 g/mol. The molecule has 1 saturated heterocycles. The number of hydrogen-bond acceptors (Lipinski definition) is 7. The Morgan fingerprint density at radius 1 is 1.06 bits per heavy atom. The van der Waals surface area contributed by atoms with E-state index in [2.05, 4.69) is 20.0 Å². The van der Waals surface area contributed by atoms with Gasteiger partial charge in [0.05, 0.1) is 33.9 Å². The van der Waals surface area contributed by atoms with Gasteiger partial charge in [0, 0.05) is 38.9 Å². The molecule has 2 aromatic heterocycles. The minimum atomic E-state index is -3.90. The van der Waals surface area contributed by atoms with E-state index in [1.807, 2.05) is 4.90 Å². The normalized spacial score (nSPS) is 29.3. The van der Waals surface area contributed by atoms with Crippen molar-refractivity contribution in [3.8, 4) is 0 Å². The number of hydrogen-bond donors (Lipinski definition) is 0. The fraction of sp³-hybridized carbons (Fsp3) is 0.500. The molecule has 3 heterocycles. The van der Waals surface area contributed by atoms with Gasteiger partial charge in [-0.3, -0.25) is 0 Å². The lowest BCUT2D eigenvalue weighted by atomic mass is 9.52. The van der Waals surface area contributed by atoms with Crippen molar-refractivity contribution in [2.75, 3.05) is 29.4 Å². The third-order valence-corrected chi connectivity index (χ3v) is 10.5. The number of fused-ring (bicyclic) bond motifs is 1. The van der Waals surface area contributed by atoms with Crippen LogP contribution < -0.4 is 9.80 Å². The van der Waals surface area contributed by atoms with Crippen molar-refractivity contribution in [2.45, 2.75) is 48.1 Å². The van der Waals surface area contributed by atoms with E-state index in [1.54, 1.807) is 18.2 Å². The second-order valence-electron chi connectivity index (χ2n) is 10.2.